The van der Waals surface area contributed by atoms with Crippen LogP contribution in [0.5, 0.6) is 0 Å². The Balaban J connectivity index is 2.38. The Morgan fingerprint density at radius 1 is 1.11 bits per heavy atom. The van der Waals surface area contributed by atoms with Crippen LogP contribution in [0.1, 0.15) is 27.0 Å². The van der Waals surface area contributed by atoms with Crippen LogP contribution in [0.25, 0.3) is 0 Å². The van der Waals surface area contributed by atoms with Crippen LogP contribution in [0.3, 0.4) is 0 Å². The van der Waals surface area contributed by atoms with Gasteiger partial charge in [-0.05, 0) is 37.1 Å². The van der Waals surface area contributed by atoms with Gasteiger partial charge in [0.15, 0.2) is 0 Å². The lowest BCUT2D eigenvalue weighted by molar-refractivity contribution is 0.0697. The molecule has 0 aliphatic carbocycles. The van der Waals surface area contributed by atoms with E-state index in [0.717, 1.165) is 11.3 Å². The number of aliphatic imine (C=N–C) groups is 1. The molecule has 3 nitrogen and oxygen atoms in total. The fourth-order valence-electron chi connectivity index (χ4n) is 1.82. The third kappa shape index (κ3) is 2.88. The molecule has 0 fully saturated rings. The van der Waals surface area contributed by atoms with Crippen molar-refractivity contribution in [3.63, 3.8) is 0 Å². The molecule has 2 rings (SSSR count). The van der Waals surface area contributed by atoms with E-state index in [9.17, 15) is 4.79 Å². The van der Waals surface area contributed by atoms with Crippen LogP contribution < -0.4 is 0 Å². The highest BCUT2D eigenvalue weighted by molar-refractivity contribution is 5.99. The number of rotatable bonds is 3. The smallest absolute Gasteiger partial charge is 0.336 e. The van der Waals surface area contributed by atoms with Crippen molar-refractivity contribution >= 4 is 17.9 Å². The molecule has 0 unspecified atom stereocenters. The molecule has 0 aromatic heterocycles. The minimum Gasteiger partial charge on any atom is -0.478 e. The second-order valence-electron chi connectivity index (χ2n) is 4.37. The highest BCUT2D eigenvalue weighted by Gasteiger charge is 2.06. The second-order valence-corrected chi connectivity index (χ2v) is 4.37. The zero-order valence-corrected chi connectivity index (χ0v) is 10.9. The van der Waals surface area contributed by atoms with E-state index in [-0.39, 0.29) is 5.56 Å². The van der Waals surface area contributed by atoms with E-state index < -0.39 is 5.97 Å². The van der Waals surface area contributed by atoms with Crippen molar-refractivity contribution in [1.82, 2.24) is 0 Å². The molecule has 0 aliphatic rings. The molecule has 3 heteroatoms. The van der Waals surface area contributed by atoms with Crippen molar-refractivity contribution in [2.24, 2.45) is 4.99 Å². The molecular formula is C16H15NO2. The predicted molar refractivity (Wildman–Crippen MR) is 76.6 cm³/mol. The van der Waals surface area contributed by atoms with Crippen LogP contribution in [0, 0.1) is 13.8 Å². The van der Waals surface area contributed by atoms with Gasteiger partial charge < -0.3 is 5.11 Å². The van der Waals surface area contributed by atoms with E-state index in [1.165, 1.54) is 5.56 Å². The van der Waals surface area contributed by atoms with Gasteiger partial charge in [-0.3, -0.25) is 4.99 Å². The van der Waals surface area contributed by atoms with Crippen molar-refractivity contribution in [3.05, 3.63) is 64.7 Å². The molecule has 0 spiro atoms. The topological polar surface area (TPSA) is 49.7 Å². The summed E-state index contributed by atoms with van der Waals surface area (Å²) in [6.45, 7) is 4.03. The summed E-state index contributed by atoms with van der Waals surface area (Å²) in [6, 6.07) is 12.7. The zero-order valence-electron chi connectivity index (χ0n) is 10.9. The summed E-state index contributed by atoms with van der Waals surface area (Å²) in [5, 5.41) is 9.10. The van der Waals surface area contributed by atoms with Crippen LogP contribution >= 0.6 is 0 Å². The molecule has 0 aliphatic heterocycles. The number of aromatic carboxylic acids is 1. The molecule has 0 atom stereocenters. The number of hydrogen-bond acceptors (Lipinski definition) is 2. The highest BCUT2D eigenvalue weighted by atomic mass is 16.4. The van der Waals surface area contributed by atoms with E-state index in [4.69, 9.17) is 5.11 Å². The van der Waals surface area contributed by atoms with Crippen molar-refractivity contribution in [1.29, 1.82) is 0 Å². The lowest BCUT2D eigenvalue weighted by Crippen LogP contribution is -2.01. The number of aryl methyl sites for hydroxylation is 1. The molecule has 0 amide bonds. The standard InChI is InChI=1S/C16H15NO2/c1-11-6-5-9-15(12(11)2)17-10-13-7-3-4-8-14(13)16(18)19/h3-10H,1-2H3,(H,18,19)/b17-10-. The molecule has 0 saturated carbocycles. The molecule has 0 saturated heterocycles. The van der Waals surface area contributed by atoms with Gasteiger partial charge in [0.05, 0.1) is 11.3 Å². The summed E-state index contributed by atoms with van der Waals surface area (Å²) in [4.78, 5) is 15.5. The van der Waals surface area contributed by atoms with Crippen LogP contribution in [-0.2, 0) is 0 Å². The number of nitrogens with zero attached hydrogens (tertiary/aromatic N) is 1. The third-order valence-corrected chi connectivity index (χ3v) is 3.11. The van der Waals surface area contributed by atoms with Gasteiger partial charge in [-0.15, -0.1) is 0 Å². The fourth-order valence-corrected chi connectivity index (χ4v) is 1.82. The Labute approximate surface area is 112 Å². The Bertz CT molecular complexity index is 645. The quantitative estimate of drug-likeness (QED) is 0.847. The SMILES string of the molecule is Cc1cccc(/N=C\c2ccccc2C(=O)O)c1C. The van der Waals surface area contributed by atoms with Gasteiger partial charge in [0, 0.05) is 11.8 Å². The van der Waals surface area contributed by atoms with E-state index in [1.807, 2.05) is 32.0 Å². The highest BCUT2D eigenvalue weighted by Crippen LogP contribution is 2.21. The minimum absolute atomic E-state index is 0.261. The summed E-state index contributed by atoms with van der Waals surface area (Å²) in [5.74, 6) is -0.942. The van der Waals surface area contributed by atoms with Gasteiger partial charge in [-0.1, -0.05) is 30.3 Å². The molecule has 0 bridgehead atoms. The van der Waals surface area contributed by atoms with E-state index in [2.05, 4.69) is 4.99 Å². The van der Waals surface area contributed by atoms with E-state index >= 15 is 0 Å². The average Bonchev–Trinajstić information content (AvgIpc) is 2.40. The summed E-state index contributed by atoms with van der Waals surface area (Å²) in [6.07, 6.45) is 1.60. The Morgan fingerprint density at radius 3 is 2.58 bits per heavy atom. The van der Waals surface area contributed by atoms with Crippen LogP contribution in [-0.4, -0.2) is 17.3 Å². The number of carbonyl (C=O) groups is 1. The minimum atomic E-state index is -0.942. The fraction of sp³-hybridized carbons (Fsp3) is 0.125. The van der Waals surface area contributed by atoms with E-state index in [1.54, 1.807) is 30.5 Å². The van der Waals surface area contributed by atoms with E-state index in [0.29, 0.717) is 5.56 Å². The van der Waals surface area contributed by atoms with Gasteiger partial charge in [0.1, 0.15) is 0 Å². The van der Waals surface area contributed by atoms with Gasteiger partial charge in [0.2, 0.25) is 0 Å². The van der Waals surface area contributed by atoms with Gasteiger partial charge in [-0.2, -0.15) is 0 Å². The summed E-state index contributed by atoms with van der Waals surface area (Å²) >= 11 is 0. The molecule has 96 valence electrons. The maximum atomic E-state index is 11.1. The number of carboxylic acids is 1. The zero-order chi connectivity index (χ0) is 13.8. The molecule has 2 aromatic carbocycles. The van der Waals surface area contributed by atoms with Crippen LogP contribution in [0.2, 0.25) is 0 Å². The largest absolute Gasteiger partial charge is 0.478 e. The first-order valence-corrected chi connectivity index (χ1v) is 6.02. The van der Waals surface area contributed by atoms with Crippen molar-refractivity contribution < 1.29 is 9.90 Å². The Kier molecular flexibility index (Phi) is 3.76. The van der Waals surface area contributed by atoms with Gasteiger partial charge in [-0.25, -0.2) is 4.79 Å². The number of carboxylic acid groups (broad SMARTS) is 1. The van der Waals surface area contributed by atoms with Gasteiger partial charge in [0.25, 0.3) is 0 Å². The van der Waals surface area contributed by atoms with Crippen molar-refractivity contribution in [3.8, 4) is 0 Å². The Morgan fingerprint density at radius 2 is 1.84 bits per heavy atom. The lowest BCUT2D eigenvalue weighted by Gasteiger charge is -2.04. The molecule has 1 N–H and O–H groups in total. The first-order chi connectivity index (χ1) is 9.09. The average molecular weight is 253 g/mol. The second kappa shape index (κ2) is 5.48. The number of benzene rings is 2. The van der Waals surface area contributed by atoms with Crippen molar-refractivity contribution in [2.75, 3.05) is 0 Å². The third-order valence-electron chi connectivity index (χ3n) is 3.11. The predicted octanol–water partition coefficient (Wildman–Crippen LogP) is 3.75. The van der Waals surface area contributed by atoms with Gasteiger partial charge >= 0.3 is 5.97 Å². The van der Waals surface area contributed by atoms with Crippen LogP contribution in [0.15, 0.2) is 47.5 Å². The molecule has 2 aromatic rings. The molecule has 0 heterocycles. The summed E-state index contributed by atoms with van der Waals surface area (Å²) in [7, 11) is 0. The molecule has 19 heavy (non-hydrogen) atoms. The first-order valence-electron chi connectivity index (χ1n) is 6.02. The monoisotopic (exact) mass is 253 g/mol. The van der Waals surface area contributed by atoms with Crippen molar-refractivity contribution in [2.45, 2.75) is 13.8 Å². The molecule has 0 radical (unpaired) electrons. The Hall–Kier alpha value is -2.42. The maximum Gasteiger partial charge on any atom is 0.336 e. The molecular weight excluding hydrogens is 238 g/mol. The summed E-state index contributed by atoms with van der Waals surface area (Å²) < 4.78 is 0. The lowest BCUT2D eigenvalue weighted by atomic mass is 10.1. The number of hydrogen-bond donors (Lipinski definition) is 1. The first kappa shape index (κ1) is 13.0. The van der Waals surface area contributed by atoms with Crippen LogP contribution in [0.4, 0.5) is 5.69 Å². The normalized spacial score (nSPS) is 10.8. The maximum absolute atomic E-state index is 11.1. The summed E-state index contributed by atoms with van der Waals surface area (Å²) in [5.41, 5.74) is 4.00.